The molecule has 1 aliphatic rings. The van der Waals surface area contributed by atoms with E-state index < -0.39 is 35.3 Å². The van der Waals surface area contributed by atoms with Gasteiger partial charge in [-0.15, -0.1) is 0 Å². The monoisotopic (exact) mass is 918 g/mol. The van der Waals surface area contributed by atoms with Crippen LogP contribution >= 0.6 is 0 Å². The van der Waals surface area contributed by atoms with E-state index in [2.05, 4.69) is 60.0 Å². The van der Waals surface area contributed by atoms with E-state index in [1.54, 1.807) is 25.7 Å². The standard InChI is InChI=1S/C14H18O7.C12H18N2O2.C10H8N2O2.C6H14O3.C3H8O2/c1-4-11(16)19-8-14(7-15,9-20-12(17)5-2)10-21-13(18)6-3;1-11(2)4-10(14-9-15)5-12(3,6-11)7-16-8-13;11-7-14-6-10-3-1-2-9(4-10)5-12-8-13;1-2-6(3-7,4-8)5-9;1-5-3-2-4/h4-6,15H,1-3,7-10H2;10H,4-7H2,1-3H3;1-4H,5-6H2;7-9H,2-5H2,1H3;4H,2-3H2,1H3. The molecule has 2 rings (SSSR count). The summed E-state index contributed by atoms with van der Waals surface area (Å²) in [4.78, 5) is 60.8. The number of rotatable bonds is 23. The Bertz CT molecular complexity index is 1660. The fourth-order valence-electron chi connectivity index (χ4n) is 5.81. The Kier molecular flexibility index (Phi) is 36.3. The second-order valence-electron chi connectivity index (χ2n) is 15.6. The normalized spacial score (nSPS) is 15.4. The van der Waals surface area contributed by atoms with Crippen LogP contribution in [0.25, 0.3) is 0 Å². The van der Waals surface area contributed by atoms with Gasteiger partial charge in [-0.3, -0.25) is 0 Å². The van der Waals surface area contributed by atoms with Crippen molar-refractivity contribution in [1.29, 1.82) is 10.5 Å². The molecule has 2 unspecified atom stereocenters. The molecule has 0 amide bonds. The Balaban J connectivity index is -0.000000784. The Hall–Kier alpha value is -6.05. The zero-order chi connectivity index (χ0) is 50.2. The number of ether oxygens (including phenoxy) is 6. The Labute approximate surface area is 381 Å². The molecule has 0 spiro atoms. The summed E-state index contributed by atoms with van der Waals surface area (Å²) >= 11 is 0. The summed E-state index contributed by atoms with van der Waals surface area (Å²) in [7, 11) is 1.55. The van der Waals surface area contributed by atoms with E-state index in [9.17, 15) is 29.1 Å². The third-order valence-electron chi connectivity index (χ3n) is 9.21. The molecule has 362 valence electrons. The van der Waals surface area contributed by atoms with Crippen LogP contribution in [0.1, 0.15) is 64.5 Å². The number of hydrogen-bond donors (Lipinski definition) is 5. The minimum absolute atomic E-state index is 0.00791. The number of aliphatic hydroxyl groups is 5. The molecule has 1 saturated carbocycles. The lowest BCUT2D eigenvalue weighted by Gasteiger charge is -2.44. The maximum atomic E-state index is 11.1. The molecule has 2 atom stereocenters. The van der Waals surface area contributed by atoms with E-state index in [1.165, 1.54) is 6.08 Å². The molecule has 5 N–H and O–H groups in total. The maximum Gasteiger partial charge on any atom is 0.330 e. The summed E-state index contributed by atoms with van der Waals surface area (Å²) in [5, 5.41) is 60.0. The van der Waals surface area contributed by atoms with Gasteiger partial charge in [0, 0.05) is 36.2 Å². The van der Waals surface area contributed by atoms with Gasteiger partial charge in [-0.2, -0.15) is 10.5 Å². The molecule has 0 radical (unpaired) electrons. The van der Waals surface area contributed by atoms with Crippen molar-refractivity contribution in [3.8, 4) is 12.5 Å². The van der Waals surface area contributed by atoms with Crippen LogP contribution in [0.2, 0.25) is 0 Å². The molecular weight excluding hydrogens is 853 g/mol. The van der Waals surface area contributed by atoms with Crippen molar-refractivity contribution in [2.24, 2.45) is 31.6 Å². The van der Waals surface area contributed by atoms with Crippen LogP contribution in [0.5, 0.6) is 0 Å². The number of isocyanates is 2. The third-order valence-corrected chi connectivity index (χ3v) is 9.21. The average molecular weight is 919 g/mol. The summed E-state index contributed by atoms with van der Waals surface area (Å²) in [6.45, 7) is 17.4. The number of methoxy groups -OCH3 is 1. The van der Waals surface area contributed by atoms with E-state index in [0.29, 0.717) is 26.2 Å². The van der Waals surface area contributed by atoms with E-state index in [0.717, 1.165) is 48.6 Å². The number of nitrogens with zero attached hydrogens (tertiary/aromatic N) is 4. The van der Waals surface area contributed by atoms with Crippen LogP contribution in [-0.4, -0.2) is 135 Å². The van der Waals surface area contributed by atoms with Crippen molar-refractivity contribution in [3.63, 3.8) is 0 Å². The predicted octanol–water partition coefficient (Wildman–Crippen LogP) is 3.06. The fourth-order valence-corrected chi connectivity index (χ4v) is 5.81. The molecule has 0 saturated heterocycles. The molecule has 65 heavy (non-hydrogen) atoms. The number of aliphatic hydroxyl groups excluding tert-OH is 5. The highest BCUT2D eigenvalue weighted by molar-refractivity contribution is 5.82. The molecule has 0 heterocycles. The summed E-state index contributed by atoms with van der Waals surface area (Å²) in [5.74, 6) is -2.17. The number of esters is 3. The van der Waals surface area contributed by atoms with Crippen molar-refractivity contribution in [1.82, 2.24) is 0 Å². The summed E-state index contributed by atoms with van der Waals surface area (Å²) in [6, 6.07) is 7.35. The lowest BCUT2D eigenvalue weighted by molar-refractivity contribution is -0.159. The van der Waals surface area contributed by atoms with Gasteiger partial charge in [-0.05, 0) is 42.2 Å². The molecule has 0 bridgehead atoms. The number of carbonyl (C=O) groups is 3. The van der Waals surface area contributed by atoms with E-state index in [1.807, 2.05) is 31.2 Å². The number of carbonyl (C=O) groups excluding carboxylic acids is 5. The van der Waals surface area contributed by atoms with Gasteiger partial charge in [0.15, 0.2) is 0 Å². The smallest absolute Gasteiger partial charge is 0.330 e. The van der Waals surface area contributed by atoms with E-state index in [4.69, 9.17) is 49.9 Å². The Morgan fingerprint density at radius 3 is 1.65 bits per heavy atom. The molecule has 0 aromatic heterocycles. The first-order chi connectivity index (χ1) is 30.9. The minimum Gasteiger partial charge on any atom is -0.462 e. The first-order valence-electron chi connectivity index (χ1n) is 20.0. The van der Waals surface area contributed by atoms with Gasteiger partial charge in [0.25, 0.3) is 12.5 Å². The molecule has 20 heteroatoms. The lowest BCUT2D eigenvalue weighted by atomic mass is 9.63. The minimum atomic E-state index is -1.28. The number of hydrogen-bond acceptors (Lipinski definition) is 20. The van der Waals surface area contributed by atoms with Crippen molar-refractivity contribution >= 4 is 30.1 Å². The number of aliphatic imine (C=N–C) groups is 2. The largest absolute Gasteiger partial charge is 0.462 e. The molecule has 1 fully saturated rings. The van der Waals surface area contributed by atoms with Gasteiger partial charge < -0.3 is 54.0 Å². The average Bonchev–Trinajstić information content (AvgIpc) is 3.30. The van der Waals surface area contributed by atoms with Gasteiger partial charge >= 0.3 is 17.9 Å². The van der Waals surface area contributed by atoms with E-state index in [-0.39, 0.29) is 69.7 Å². The number of benzene rings is 1. The summed E-state index contributed by atoms with van der Waals surface area (Å²) < 4.78 is 28.4. The van der Waals surface area contributed by atoms with Crippen LogP contribution in [0, 0.1) is 44.7 Å². The first kappa shape index (κ1) is 63.2. The summed E-state index contributed by atoms with van der Waals surface area (Å²) in [6.07, 6.45) is 12.5. The zero-order valence-electron chi connectivity index (χ0n) is 38.1. The lowest BCUT2D eigenvalue weighted by Crippen LogP contribution is -2.42. The highest BCUT2D eigenvalue weighted by atomic mass is 16.6. The quantitative estimate of drug-likeness (QED) is 0.0263. The van der Waals surface area contributed by atoms with Crippen molar-refractivity contribution in [2.45, 2.75) is 72.6 Å². The van der Waals surface area contributed by atoms with Crippen LogP contribution in [0.3, 0.4) is 0 Å². The second-order valence-corrected chi connectivity index (χ2v) is 15.6. The van der Waals surface area contributed by atoms with Crippen LogP contribution < -0.4 is 0 Å². The highest BCUT2D eigenvalue weighted by Crippen LogP contribution is 2.47. The van der Waals surface area contributed by atoms with E-state index >= 15 is 0 Å². The van der Waals surface area contributed by atoms with Crippen LogP contribution in [0.15, 0.2) is 72.2 Å². The molecule has 0 aliphatic heterocycles. The van der Waals surface area contributed by atoms with Gasteiger partial charge in [-0.25, -0.2) is 34.0 Å². The molecule has 20 nitrogen and oxygen atoms in total. The molecule has 1 aromatic carbocycles. The Morgan fingerprint density at radius 1 is 0.800 bits per heavy atom. The highest BCUT2D eigenvalue weighted by Gasteiger charge is 2.42. The van der Waals surface area contributed by atoms with Crippen molar-refractivity contribution in [2.75, 3.05) is 73.2 Å². The SMILES string of the molecule is C=CC(=O)OCC(CO)(COC(=O)C=C)COC(=O)C=C.CC1(C)CC(N=C=O)CC(C)(COC#N)C1.CCC(CO)(CO)CO.COCCO.N#COCc1cccc(CN=C=O)c1. The Morgan fingerprint density at radius 2 is 1.29 bits per heavy atom. The van der Waals surface area contributed by atoms with Crippen LogP contribution in [-0.2, 0) is 65.5 Å². The van der Waals surface area contributed by atoms with Gasteiger partial charge in [0.1, 0.15) is 33.0 Å². The topological polar surface area (TPSA) is 314 Å². The predicted molar refractivity (Wildman–Crippen MR) is 234 cm³/mol. The zero-order valence-corrected chi connectivity index (χ0v) is 38.1. The molecule has 1 aromatic rings. The summed E-state index contributed by atoms with van der Waals surface area (Å²) in [5.41, 5.74) is -0.132. The molecule has 1 aliphatic carbocycles. The second kappa shape index (κ2) is 37.3. The third kappa shape index (κ3) is 30.6. The first-order valence-corrected chi connectivity index (χ1v) is 20.0. The number of nitriles is 2. The maximum absolute atomic E-state index is 11.1. The van der Waals surface area contributed by atoms with Gasteiger partial charge in [0.2, 0.25) is 12.2 Å². The van der Waals surface area contributed by atoms with Crippen molar-refractivity contribution in [3.05, 3.63) is 73.4 Å². The van der Waals surface area contributed by atoms with Crippen LogP contribution in [0.4, 0.5) is 0 Å². The van der Waals surface area contributed by atoms with Gasteiger partial charge in [0.05, 0.1) is 57.6 Å². The van der Waals surface area contributed by atoms with Crippen molar-refractivity contribution < 1.29 is 77.9 Å². The fraction of sp³-hybridized carbons (Fsp3) is 0.578. The molecular formula is C45H66N4O16. The van der Waals surface area contributed by atoms with Gasteiger partial charge in [-0.1, -0.05) is 71.7 Å².